The SMILES string of the molecule is CCOc1ccc(C(=O)NC(=S)Nc2ccccc2C(=O)NCC2CCCO2)cc1. The number of rotatable bonds is 7. The van der Waals surface area contributed by atoms with Gasteiger partial charge in [-0.3, -0.25) is 14.9 Å². The largest absolute Gasteiger partial charge is 0.494 e. The third-order valence-corrected chi connectivity index (χ3v) is 4.79. The minimum absolute atomic E-state index is 0.0588. The van der Waals surface area contributed by atoms with Crippen LogP contribution in [0, 0.1) is 0 Å². The highest BCUT2D eigenvalue weighted by molar-refractivity contribution is 7.80. The molecular formula is C22H25N3O4S. The van der Waals surface area contributed by atoms with Crippen molar-refractivity contribution in [3.63, 3.8) is 0 Å². The third kappa shape index (κ3) is 6.01. The molecule has 1 aliphatic heterocycles. The normalized spacial score (nSPS) is 15.3. The van der Waals surface area contributed by atoms with Crippen LogP contribution in [-0.2, 0) is 4.74 Å². The molecule has 7 nitrogen and oxygen atoms in total. The van der Waals surface area contributed by atoms with E-state index in [4.69, 9.17) is 21.7 Å². The summed E-state index contributed by atoms with van der Waals surface area (Å²) in [6, 6.07) is 13.8. The van der Waals surface area contributed by atoms with Crippen LogP contribution in [-0.4, -0.2) is 42.8 Å². The first-order chi connectivity index (χ1) is 14.6. The van der Waals surface area contributed by atoms with E-state index in [1.165, 1.54) is 0 Å². The molecular weight excluding hydrogens is 402 g/mol. The number of thiocarbonyl (C=S) groups is 1. The summed E-state index contributed by atoms with van der Waals surface area (Å²) >= 11 is 5.26. The number of amides is 2. The lowest BCUT2D eigenvalue weighted by Crippen LogP contribution is -2.35. The van der Waals surface area contributed by atoms with Gasteiger partial charge in [-0.15, -0.1) is 0 Å². The summed E-state index contributed by atoms with van der Waals surface area (Å²) < 4.78 is 10.9. The predicted octanol–water partition coefficient (Wildman–Crippen LogP) is 3.12. The summed E-state index contributed by atoms with van der Waals surface area (Å²) in [6.45, 7) is 3.65. The first-order valence-corrected chi connectivity index (χ1v) is 10.3. The van der Waals surface area contributed by atoms with Crippen molar-refractivity contribution in [3.8, 4) is 5.75 Å². The molecule has 2 aromatic rings. The molecule has 1 aliphatic rings. The highest BCUT2D eigenvalue weighted by Gasteiger charge is 2.18. The fourth-order valence-corrected chi connectivity index (χ4v) is 3.30. The van der Waals surface area contributed by atoms with Crippen LogP contribution in [0.15, 0.2) is 48.5 Å². The molecule has 0 aliphatic carbocycles. The fourth-order valence-electron chi connectivity index (χ4n) is 3.10. The lowest BCUT2D eigenvalue weighted by atomic mass is 10.1. The molecule has 1 saturated heterocycles. The molecule has 0 saturated carbocycles. The molecule has 2 aromatic carbocycles. The second-order valence-corrected chi connectivity index (χ2v) is 7.16. The lowest BCUT2D eigenvalue weighted by Gasteiger charge is -2.15. The summed E-state index contributed by atoms with van der Waals surface area (Å²) in [7, 11) is 0. The minimum Gasteiger partial charge on any atom is -0.494 e. The topological polar surface area (TPSA) is 88.7 Å². The molecule has 1 unspecified atom stereocenters. The van der Waals surface area contributed by atoms with Gasteiger partial charge in [0.15, 0.2) is 5.11 Å². The van der Waals surface area contributed by atoms with E-state index in [1.54, 1.807) is 48.5 Å². The smallest absolute Gasteiger partial charge is 0.257 e. The minimum atomic E-state index is -0.351. The molecule has 0 spiro atoms. The molecule has 1 fully saturated rings. The van der Waals surface area contributed by atoms with Gasteiger partial charge in [0.05, 0.1) is 24.0 Å². The molecule has 3 rings (SSSR count). The van der Waals surface area contributed by atoms with Gasteiger partial charge in [0.1, 0.15) is 5.75 Å². The number of carbonyl (C=O) groups excluding carboxylic acids is 2. The maximum atomic E-state index is 12.6. The Bertz CT molecular complexity index is 896. The number of ether oxygens (including phenoxy) is 2. The summed E-state index contributed by atoms with van der Waals surface area (Å²) in [5.74, 6) is 0.114. The van der Waals surface area contributed by atoms with Gasteiger partial charge in [-0.05, 0) is 68.4 Å². The van der Waals surface area contributed by atoms with Crippen molar-refractivity contribution in [2.45, 2.75) is 25.9 Å². The van der Waals surface area contributed by atoms with Crippen molar-refractivity contribution < 1.29 is 19.1 Å². The molecule has 0 aromatic heterocycles. The van der Waals surface area contributed by atoms with Gasteiger partial charge in [-0.25, -0.2) is 0 Å². The number of nitrogens with one attached hydrogen (secondary N) is 3. The first kappa shape index (κ1) is 21.7. The van der Waals surface area contributed by atoms with E-state index < -0.39 is 0 Å². The summed E-state index contributed by atoms with van der Waals surface area (Å²) in [5, 5.41) is 8.56. The third-order valence-electron chi connectivity index (χ3n) is 4.59. The number of hydrogen-bond donors (Lipinski definition) is 3. The molecule has 0 bridgehead atoms. The van der Waals surface area contributed by atoms with Gasteiger partial charge in [0, 0.05) is 18.7 Å². The first-order valence-electron chi connectivity index (χ1n) is 9.91. The zero-order valence-electron chi connectivity index (χ0n) is 16.8. The zero-order chi connectivity index (χ0) is 21.3. The number of benzene rings is 2. The van der Waals surface area contributed by atoms with Gasteiger partial charge in [0.2, 0.25) is 0 Å². The quantitative estimate of drug-likeness (QED) is 0.589. The van der Waals surface area contributed by atoms with E-state index >= 15 is 0 Å². The molecule has 30 heavy (non-hydrogen) atoms. The maximum Gasteiger partial charge on any atom is 0.257 e. The van der Waals surface area contributed by atoms with Crippen LogP contribution in [0.2, 0.25) is 0 Å². The molecule has 1 heterocycles. The van der Waals surface area contributed by atoms with Crippen LogP contribution < -0.4 is 20.7 Å². The van der Waals surface area contributed by atoms with E-state index in [2.05, 4.69) is 16.0 Å². The molecule has 8 heteroatoms. The number of hydrogen-bond acceptors (Lipinski definition) is 5. The second kappa shape index (κ2) is 10.7. The van der Waals surface area contributed by atoms with Gasteiger partial charge >= 0.3 is 0 Å². The van der Waals surface area contributed by atoms with E-state index in [-0.39, 0.29) is 23.0 Å². The van der Waals surface area contributed by atoms with E-state index in [0.717, 1.165) is 19.4 Å². The Hall–Kier alpha value is -2.97. The van der Waals surface area contributed by atoms with Crippen molar-refractivity contribution in [1.29, 1.82) is 0 Å². The summed E-state index contributed by atoms with van der Waals surface area (Å²) in [4.78, 5) is 25.0. The van der Waals surface area contributed by atoms with Crippen LogP contribution in [0.3, 0.4) is 0 Å². The highest BCUT2D eigenvalue weighted by atomic mass is 32.1. The van der Waals surface area contributed by atoms with Crippen LogP contribution >= 0.6 is 12.2 Å². The van der Waals surface area contributed by atoms with Gasteiger partial charge in [-0.1, -0.05) is 12.1 Å². The Morgan fingerprint density at radius 2 is 1.90 bits per heavy atom. The maximum absolute atomic E-state index is 12.6. The van der Waals surface area contributed by atoms with E-state index in [1.807, 2.05) is 6.92 Å². The van der Waals surface area contributed by atoms with E-state index in [0.29, 0.717) is 35.7 Å². The van der Waals surface area contributed by atoms with Crippen molar-refractivity contribution in [2.75, 3.05) is 25.1 Å². The van der Waals surface area contributed by atoms with E-state index in [9.17, 15) is 9.59 Å². The number of carbonyl (C=O) groups is 2. The average Bonchev–Trinajstić information content (AvgIpc) is 3.27. The van der Waals surface area contributed by atoms with Gasteiger partial charge < -0.3 is 20.1 Å². The fraction of sp³-hybridized carbons (Fsp3) is 0.318. The molecule has 3 N–H and O–H groups in total. The van der Waals surface area contributed by atoms with Crippen molar-refractivity contribution in [1.82, 2.24) is 10.6 Å². The van der Waals surface area contributed by atoms with Crippen LogP contribution in [0.1, 0.15) is 40.5 Å². The number of para-hydroxylation sites is 1. The molecule has 2 amide bonds. The summed E-state index contributed by atoms with van der Waals surface area (Å²) in [5.41, 5.74) is 1.40. The van der Waals surface area contributed by atoms with Gasteiger partial charge in [-0.2, -0.15) is 0 Å². The Morgan fingerprint density at radius 3 is 2.60 bits per heavy atom. The lowest BCUT2D eigenvalue weighted by molar-refractivity contribution is 0.0858. The second-order valence-electron chi connectivity index (χ2n) is 6.76. The summed E-state index contributed by atoms with van der Waals surface area (Å²) in [6.07, 6.45) is 2.02. The highest BCUT2D eigenvalue weighted by Crippen LogP contribution is 2.16. The van der Waals surface area contributed by atoms with Crippen LogP contribution in [0.25, 0.3) is 0 Å². The number of anilines is 1. The Labute approximate surface area is 181 Å². The van der Waals surface area contributed by atoms with Crippen LogP contribution in [0.5, 0.6) is 5.75 Å². The van der Waals surface area contributed by atoms with Crippen molar-refractivity contribution in [3.05, 3.63) is 59.7 Å². The standard InChI is InChI=1S/C22H25N3O4S/c1-2-28-16-11-9-15(10-12-16)20(26)25-22(30)24-19-8-4-3-7-18(19)21(27)23-14-17-6-5-13-29-17/h3-4,7-12,17H,2,5-6,13-14H2,1H3,(H,23,27)(H2,24,25,26,30). The van der Waals surface area contributed by atoms with Crippen molar-refractivity contribution in [2.24, 2.45) is 0 Å². The van der Waals surface area contributed by atoms with Crippen LogP contribution in [0.4, 0.5) is 5.69 Å². The predicted molar refractivity (Wildman–Crippen MR) is 119 cm³/mol. The Morgan fingerprint density at radius 1 is 1.13 bits per heavy atom. The average molecular weight is 428 g/mol. The molecule has 1 atom stereocenters. The zero-order valence-corrected chi connectivity index (χ0v) is 17.6. The van der Waals surface area contributed by atoms with Gasteiger partial charge in [0.25, 0.3) is 11.8 Å². The van der Waals surface area contributed by atoms with Crippen molar-refractivity contribution >= 4 is 34.8 Å². The Balaban J connectivity index is 1.58. The Kier molecular flexibility index (Phi) is 7.75. The molecule has 158 valence electrons. The monoisotopic (exact) mass is 427 g/mol. The molecule has 0 radical (unpaired) electrons.